The lowest BCUT2D eigenvalue weighted by molar-refractivity contribution is -0.129. The van der Waals surface area contributed by atoms with Crippen molar-refractivity contribution in [1.82, 2.24) is 4.90 Å². The lowest BCUT2D eigenvalue weighted by Gasteiger charge is -2.27. The lowest BCUT2D eigenvalue weighted by Crippen LogP contribution is -2.36. The van der Waals surface area contributed by atoms with Gasteiger partial charge in [-0.25, -0.2) is 0 Å². The zero-order valence-corrected chi connectivity index (χ0v) is 10.6. The first kappa shape index (κ1) is 11.1. The Labute approximate surface area is 93.0 Å². The molecule has 0 N–H and O–H groups in total. The number of fused-ring (bicyclic) bond motifs is 1. The molecule has 4 atom stereocenters. The molecule has 0 saturated heterocycles. The largest absolute Gasteiger partial charge is 0.309 e. The molecule has 15 heavy (non-hydrogen) atoms. The molecule has 2 saturated carbocycles. The molecular formula is C13H23NO. The summed E-state index contributed by atoms with van der Waals surface area (Å²) < 4.78 is 0. The predicted octanol–water partition coefficient (Wildman–Crippen LogP) is 2.05. The normalized spacial score (nSPS) is 42.9. The van der Waals surface area contributed by atoms with Gasteiger partial charge < -0.3 is 4.90 Å². The monoisotopic (exact) mass is 209 g/mol. The Bertz CT molecular complexity index is 282. The summed E-state index contributed by atoms with van der Waals surface area (Å²) in [7, 11) is 4.13. The molecule has 2 heteroatoms. The van der Waals surface area contributed by atoms with E-state index in [0.29, 0.717) is 23.0 Å². The summed E-state index contributed by atoms with van der Waals surface area (Å²) in [6.45, 7) is 7.70. The van der Waals surface area contributed by atoms with E-state index in [4.69, 9.17) is 0 Å². The Morgan fingerprint density at radius 1 is 1.40 bits per heavy atom. The quantitative estimate of drug-likeness (QED) is 0.693. The minimum Gasteiger partial charge on any atom is -0.309 e. The van der Waals surface area contributed by atoms with E-state index in [9.17, 15) is 4.79 Å². The standard InChI is InChI=1S/C13H23NO/c1-8-6-10-11(13(10,2)3)9(12(8)15)7-14(4)5/h8-11H,6-7H2,1-5H3/t8-,9?,10-,11+/m0/s1. The molecule has 2 rings (SSSR count). The number of nitrogens with zero attached hydrogens (tertiary/aromatic N) is 1. The number of carbonyl (C=O) groups excluding carboxylic acids is 1. The van der Waals surface area contributed by atoms with Crippen molar-refractivity contribution in [2.24, 2.45) is 29.1 Å². The van der Waals surface area contributed by atoms with Crippen molar-refractivity contribution >= 4 is 5.78 Å². The maximum absolute atomic E-state index is 12.2. The van der Waals surface area contributed by atoms with Crippen LogP contribution in [-0.4, -0.2) is 31.3 Å². The zero-order valence-electron chi connectivity index (χ0n) is 10.6. The number of rotatable bonds is 2. The SMILES string of the molecule is C[C@H]1C[C@H]2[C@@H](C(CN(C)C)C1=O)C2(C)C. The van der Waals surface area contributed by atoms with E-state index < -0.39 is 0 Å². The number of Topliss-reactive ketones (excluding diaryl/α,β-unsaturated/α-hetero) is 1. The minimum absolute atomic E-state index is 0.290. The van der Waals surface area contributed by atoms with Crippen LogP contribution in [0.15, 0.2) is 0 Å². The van der Waals surface area contributed by atoms with Crippen molar-refractivity contribution in [1.29, 1.82) is 0 Å². The molecule has 0 aromatic carbocycles. The van der Waals surface area contributed by atoms with Gasteiger partial charge in [-0.15, -0.1) is 0 Å². The highest BCUT2D eigenvalue weighted by molar-refractivity contribution is 5.85. The van der Waals surface area contributed by atoms with Gasteiger partial charge in [0, 0.05) is 18.4 Å². The first-order valence-corrected chi connectivity index (χ1v) is 6.04. The van der Waals surface area contributed by atoms with Crippen LogP contribution in [0.25, 0.3) is 0 Å². The molecule has 0 spiro atoms. The maximum Gasteiger partial charge on any atom is 0.140 e. The van der Waals surface area contributed by atoms with Gasteiger partial charge in [0.25, 0.3) is 0 Å². The average molecular weight is 209 g/mol. The minimum atomic E-state index is 0.290. The fraction of sp³-hybridized carbons (Fsp3) is 0.923. The van der Waals surface area contributed by atoms with Crippen LogP contribution in [0.3, 0.4) is 0 Å². The van der Waals surface area contributed by atoms with Gasteiger partial charge in [-0.05, 0) is 37.8 Å². The highest BCUT2D eigenvalue weighted by Gasteiger charge is 2.64. The van der Waals surface area contributed by atoms with E-state index in [-0.39, 0.29) is 5.92 Å². The van der Waals surface area contributed by atoms with Gasteiger partial charge in [0.2, 0.25) is 0 Å². The molecule has 0 aromatic heterocycles. The van der Waals surface area contributed by atoms with Gasteiger partial charge in [0.15, 0.2) is 0 Å². The van der Waals surface area contributed by atoms with Crippen molar-refractivity contribution in [3.63, 3.8) is 0 Å². The van der Waals surface area contributed by atoms with Crippen LogP contribution in [0.5, 0.6) is 0 Å². The molecule has 0 aliphatic heterocycles. The smallest absolute Gasteiger partial charge is 0.140 e. The predicted molar refractivity (Wildman–Crippen MR) is 61.6 cm³/mol. The van der Waals surface area contributed by atoms with Crippen molar-refractivity contribution in [2.75, 3.05) is 20.6 Å². The van der Waals surface area contributed by atoms with Crippen molar-refractivity contribution < 1.29 is 4.79 Å². The Balaban J connectivity index is 2.16. The number of hydrogen-bond acceptors (Lipinski definition) is 2. The summed E-state index contributed by atoms with van der Waals surface area (Å²) in [6.07, 6.45) is 1.13. The van der Waals surface area contributed by atoms with Gasteiger partial charge in [-0.3, -0.25) is 4.79 Å². The first-order valence-electron chi connectivity index (χ1n) is 6.04. The molecule has 2 aliphatic rings. The number of carbonyl (C=O) groups is 1. The van der Waals surface area contributed by atoms with Crippen molar-refractivity contribution in [3.05, 3.63) is 0 Å². The number of hydrogen-bond donors (Lipinski definition) is 0. The molecule has 86 valence electrons. The van der Waals surface area contributed by atoms with Crippen molar-refractivity contribution in [3.8, 4) is 0 Å². The third kappa shape index (κ3) is 1.63. The Kier molecular flexibility index (Phi) is 2.45. The fourth-order valence-corrected chi connectivity index (χ4v) is 3.67. The van der Waals surface area contributed by atoms with E-state index in [1.807, 2.05) is 0 Å². The highest BCUT2D eigenvalue weighted by atomic mass is 16.1. The summed E-state index contributed by atoms with van der Waals surface area (Å²) in [4.78, 5) is 14.3. The summed E-state index contributed by atoms with van der Waals surface area (Å²) in [5.41, 5.74) is 0.418. The van der Waals surface area contributed by atoms with Crippen molar-refractivity contribution in [2.45, 2.75) is 27.2 Å². The van der Waals surface area contributed by atoms with Gasteiger partial charge in [-0.1, -0.05) is 20.8 Å². The van der Waals surface area contributed by atoms with Crippen LogP contribution >= 0.6 is 0 Å². The molecule has 2 fully saturated rings. The van der Waals surface area contributed by atoms with Crippen LogP contribution in [0, 0.1) is 29.1 Å². The maximum atomic E-state index is 12.2. The van der Waals surface area contributed by atoms with Gasteiger partial charge in [0.05, 0.1) is 0 Å². The summed E-state index contributed by atoms with van der Waals surface area (Å²) in [6, 6.07) is 0. The average Bonchev–Trinajstić information content (AvgIpc) is 2.62. The third-order valence-corrected chi connectivity index (χ3v) is 4.59. The molecule has 1 unspecified atom stereocenters. The summed E-state index contributed by atoms with van der Waals surface area (Å²) in [5, 5.41) is 0. The van der Waals surface area contributed by atoms with E-state index in [1.54, 1.807) is 0 Å². The van der Waals surface area contributed by atoms with Gasteiger partial charge in [-0.2, -0.15) is 0 Å². The Hall–Kier alpha value is -0.370. The highest BCUT2D eigenvalue weighted by Crippen LogP contribution is 2.66. The Morgan fingerprint density at radius 2 is 2.00 bits per heavy atom. The van der Waals surface area contributed by atoms with Gasteiger partial charge in [0.1, 0.15) is 5.78 Å². The topological polar surface area (TPSA) is 20.3 Å². The van der Waals surface area contributed by atoms with Crippen LogP contribution in [0.4, 0.5) is 0 Å². The zero-order chi connectivity index (χ0) is 11.4. The van der Waals surface area contributed by atoms with Crippen LogP contribution in [-0.2, 0) is 4.79 Å². The molecule has 0 heterocycles. The second kappa shape index (κ2) is 3.31. The van der Waals surface area contributed by atoms with E-state index in [0.717, 1.165) is 18.9 Å². The number of ketones is 1. The molecule has 0 amide bonds. The molecule has 2 aliphatic carbocycles. The molecule has 2 nitrogen and oxygen atoms in total. The van der Waals surface area contributed by atoms with Crippen LogP contribution in [0.1, 0.15) is 27.2 Å². The summed E-state index contributed by atoms with van der Waals surface area (Å²) in [5.74, 6) is 2.55. The third-order valence-electron chi connectivity index (χ3n) is 4.59. The van der Waals surface area contributed by atoms with E-state index >= 15 is 0 Å². The molecular weight excluding hydrogens is 186 g/mol. The molecule has 0 bridgehead atoms. The lowest BCUT2D eigenvalue weighted by atomic mass is 9.81. The fourth-order valence-electron chi connectivity index (χ4n) is 3.67. The molecule has 0 radical (unpaired) electrons. The second-order valence-electron chi connectivity index (χ2n) is 6.36. The van der Waals surface area contributed by atoms with Crippen LogP contribution < -0.4 is 0 Å². The Morgan fingerprint density at radius 3 is 2.53 bits per heavy atom. The molecule has 0 aromatic rings. The van der Waals surface area contributed by atoms with E-state index in [2.05, 4.69) is 39.8 Å². The first-order chi connectivity index (χ1) is 6.85. The van der Waals surface area contributed by atoms with Crippen LogP contribution in [0.2, 0.25) is 0 Å². The van der Waals surface area contributed by atoms with E-state index in [1.165, 1.54) is 0 Å². The summed E-state index contributed by atoms with van der Waals surface area (Å²) >= 11 is 0. The van der Waals surface area contributed by atoms with Gasteiger partial charge >= 0.3 is 0 Å². The second-order valence-corrected chi connectivity index (χ2v) is 6.36.